The van der Waals surface area contributed by atoms with Crippen molar-refractivity contribution in [2.75, 3.05) is 79.3 Å². The second-order valence-corrected chi connectivity index (χ2v) is 26.0. The number of rotatable bonds is 47. The van der Waals surface area contributed by atoms with Crippen LogP contribution in [-0.4, -0.2) is 139 Å². The second kappa shape index (κ2) is 44.6. The van der Waals surface area contributed by atoms with E-state index in [0.717, 1.165) is 11.1 Å². The molecule has 0 radical (unpaired) electrons. The van der Waals surface area contributed by atoms with Crippen LogP contribution in [0.25, 0.3) is 17.2 Å². The molecule has 566 valence electrons. The standard InChI is InChI=1S/C82H100O23/c1-50(2)59(18)96-42-61(43-97-75(84)51(3)4)31-35-92-70-27-24-66(40-72(70)94-37-33-63(46-100-78(87)54(9)10)47-101-79(88)55(11)12)65-22-19-60(20-23-65)21-30-74(83)105-69-29-26-68(39-58(69)17)104-82(91)67-25-28-71(93-36-32-62(44-98-76(85)52(5)6)45-99-77(86)53(7)8)73(41-67)95-38-34-64(48-102-80(89)56(13)14)49-103-81(90)57(15)16/h19-30,39-41,50,59,61-64H,3,5,7,9,11,13,15,31-38,42-49H2,1-2,4,6,8,10,12,14,16-18H3/b30-21+. The highest BCUT2D eigenvalue weighted by Gasteiger charge is 2.24. The molecule has 0 aliphatic heterocycles. The van der Waals surface area contributed by atoms with E-state index in [-0.39, 0.29) is 171 Å². The lowest BCUT2D eigenvalue weighted by molar-refractivity contribution is -0.146. The van der Waals surface area contributed by atoms with Gasteiger partial charge in [0.05, 0.1) is 91.0 Å². The third kappa shape index (κ3) is 32.2. The van der Waals surface area contributed by atoms with E-state index < -0.39 is 71.5 Å². The number of carbonyl (C=O) groups is 9. The Morgan fingerprint density at radius 3 is 1.07 bits per heavy atom. The molecular formula is C82H100O23. The van der Waals surface area contributed by atoms with Gasteiger partial charge in [-0.15, -0.1) is 0 Å². The maximum Gasteiger partial charge on any atom is 0.343 e. The van der Waals surface area contributed by atoms with Crippen molar-refractivity contribution in [3.05, 3.63) is 187 Å². The number of carbonyl (C=O) groups excluding carboxylic acids is 9. The minimum atomic E-state index is -0.794. The lowest BCUT2D eigenvalue weighted by Gasteiger charge is -2.23. The first kappa shape index (κ1) is 86.6. The molecule has 0 fully saturated rings. The zero-order valence-corrected chi connectivity index (χ0v) is 62.3. The zero-order chi connectivity index (χ0) is 77.9. The van der Waals surface area contributed by atoms with E-state index in [1.807, 2.05) is 43.3 Å². The number of benzene rings is 4. The third-order valence-electron chi connectivity index (χ3n) is 15.6. The summed E-state index contributed by atoms with van der Waals surface area (Å²) in [7, 11) is 0. The Morgan fingerprint density at radius 2 is 0.705 bits per heavy atom. The van der Waals surface area contributed by atoms with Gasteiger partial charge in [0.25, 0.3) is 0 Å². The van der Waals surface area contributed by atoms with Gasteiger partial charge in [0.15, 0.2) is 23.0 Å². The Bertz CT molecular complexity index is 3720. The molecule has 0 amide bonds. The smallest absolute Gasteiger partial charge is 0.343 e. The summed E-state index contributed by atoms with van der Waals surface area (Å²) < 4.78 is 80.7. The van der Waals surface area contributed by atoms with Gasteiger partial charge < -0.3 is 66.3 Å². The van der Waals surface area contributed by atoms with Crippen molar-refractivity contribution < 1.29 is 109 Å². The normalized spacial score (nSPS) is 11.5. The van der Waals surface area contributed by atoms with Gasteiger partial charge in [0.2, 0.25) is 0 Å². The van der Waals surface area contributed by atoms with Crippen molar-refractivity contribution in [3.63, 3.8) is 0 Å². The highest BCUT2D eigenvalue weighted by Crippen LogP contribution is 2.35. The van der Waals surface area contributed by atoms with Crippen LogP contribution in [-0.2, 0) is 76.3 Å². The van der Waals surface area contributed by atoms with Crippen molar-refractivity contribution in [1.82, 2.24) is 0 Å². The topological polar surface area (TPSA) is 283 Å². The third-order valence-corrected chi connectivity index (χ3v) is 15.6. The Hall–Kier alpha value is -10.8. The van der Waals surface area contributed by atoms with Gasteiger partial charge in [-0.05, 0) is 171 Å². The minimum Gasteiger partial charge on any atom is -0.490 e. The highest BCUT2D eigenvalue weighted by atomic mass is 16.6. The van der Waals surface area contributed by atoms with Crippen molar-refractivity contribution >= 4 is 59.8 Å². The minimum absolute atomic E-state index is 0.00692. The summed E-state index contributed by atoms with van der Waals surface area (Å²) >= 11 is 0. The average Bonchev–Trinajstić information content (AvgIpc) is 0.836. The number of esters is 9. The Labute approximate surface area is 615 Å². The van der Waals surface area contributed by atoms with Crippen molar-refractivity contribution in [3.8, 4) is 45.6 Å². The van der Waals surface area contributed by atoms with Gasteiger partial charge in [-0.2, -0.15) is 0 Å². The fourth-order valence-corrected chi connectivity index (χ4v) is 8.74. The van der Waals surface area contributed by atoms with Crippen LogP contribution in [0.3, 0.4) is 0 Å². The first-order chi connectivity index (χ1) is 49.7. The van der Waals surface area contributed by atoms with Crippen molar-refractivity contribution in [2.45, 2.75) is 108 Å². The van der Waals surface area contributed by atoms with Gasteiger partial charge in [-0.25, -0.2) is 43.2 Å². The van der Waals surface area contributed by atoms with E-state index in [1.54, 1.807) is 26.0 Å². The summed E-state index contributed by atoms with van der Waals surface area (Å²) in [6, 6.07) is 21.6. The van der Waals surface area contributed by atoms with Gasteiger partial charge in [0, 0.05) is 68.8 Å². The first-order valence-corrected chi connectivity index (χ1v) is 34.2. The van der Waals surface area contributed by atoms with Crippen LogP contribution < -0.4 is 28.4 Å². The number of ether oxygens (including phenoxy) is 14. The van der Waals surface area contributed by atoms with Gasteiger partial charge in [-0.3, -0.25) is 0 Å². The molecule has 0 bridgehead atoms. The summed E-state index contributed by atoms with van der Waals surface area (Å²) in [5.41, 5.74) is 4.11. The predicted molar refractivity (Wildman–Crippen MR) is 394 cm³/mol. The van der Waals surface area contributed by atoms with Gasteiger partial charge in [-0.1, -0.05) is 90.2 Å². The van der Waals surface area contributed by atoms with Crippen LogP contribution in [0.1, 0.15) is 116 Å². The van der Waals surface area contributed by atoms with Crippen LogP contribution in [0, 0.1) is 36.5 Å². The van der Waals surface area contributed by atoms with Crippen molar-refractivity contribution in [2.24, 2.45) is 29.6 Å². The molecule has 0 N–H and O–H groups in total. The molecule has 0 saturated carbocycles. The van der Waals surface area contributed by atoms with Gasteiger partial charge >= 0.3 is 53.7 Å². The Morgan fingerprint density at radius 1 is 0.371 bits per heavy atom. The first-order valence-electron chi connectivity index (χ1n) is 34.2. The van der Waals surface area contributed by atoms with E-state index in [1.165, 1.54) is 84.0 Å². The monoisotopic (exact) mass is 1450 g/mol. The van der Waals surface area contributed by atoms with Crippen LogP contribution in [0.5, 0.6) is 34.5 Å². The molecule has 23 heteroatoms. The molecule has 105 heavy (non-hydrogen) atoms. The molecule has 2 unspecified atom stereocenters. The van der Waals surface area contributed by atoms with Crippen LogP contribution >= 0.6 is 0 Å². The summed E-state index contributed by atoms with van der Waals surface area (Å²) in [6.07, 6.45) is 3.97. The quantitative estimate of drug-likeness (QED) is 0.0172. The Kier molecular flexibility index (Phi) is 36.8. The molecular weight excluding hydrogens is 1350 g/mol. The number of hydrogen-bond acceptors (Lipinski definition) is 23. The lowest BCUT2D eigenvalue weighted by atomic mass is 10.0. The molecule has 2 atom stereocenters. The summed E-state index contributed by atoms with van der Waals surface area (Å²) in [4.78, 5) is 114. The molecule has 4 aromatic carbocycles. The molecule has 0 aliphatic rings. The fraction of sp³-hybridized carbons (Fsp3) is 0.402. The summed E-state index contributed by atoms with van der Waals surface area (Å²) in [5, 5.41) is 0. The molecule has 0 aliphatic carbocycles. The highest BCUT2D eigenvalue weighted by molar-refractivity contribution is 5.93. The van der Waals surface area contributed by atoms with E-state index in [0.29, 0.717) is 42.1 Å². The maximum absolute atomic E-state index is 13.9. The molecule has 4 aromatic rings. The number of hydrogen-bond donors (Lipinski definition) is 0. The van der Waals surface area contributed by atoms with Crippen LogP contribution in [0.2, 0.25) is 0 Å². The molecule has 4 rings (SSSR count). The van der Waals surface area contributed by atoms with Crippen molar-refractivity contribution in [1.29, 1.82) is 0 Å². The largest absolute Gasteiger partial charge is 0.490 e. The van der Waals surface area contributed by atoms with Crippen LogP contribution in [0.15, 0.2) is 170 Å². The fourth-order valence-electron chi connectivity index (χ4n) is 8.74. The van der Waals surface area contributed by atoms with E-state index >= 15 is 0 Å². The van der Waals surface area contributed by atoms with E-state index in [4.69, 9.17) is 66.3 Å². The Balaban J connectivity index is 1.53. The molecule has 0 aromatic heterocycles. The molecule has 0 saturated heterocycles. The molecule has 0 spiro atoms. The lowest BCUT2D eigenvalue weighted by Crippen LogP contribution is -2.25. The zero-order valence-electron chi connectivity index (χ0n) is 62.3. The van der Waals surface area contributed by atoms with Gasteiger partial charge in [0.1, 0.15) is 11.5 Å². The SMILES string of the molecule is C=C(C)C(=O)OCC(CCOc1ccc(C(=O)Oc2ccc(OC(=O)/C=C/c3ccc(-c4ccc(OCCC(COC(=O)C(=C)C)COC(C)C(C)C)c(OCCC(COC(=O)C(=C)C)COC(=O)C(=C)C)c4)cc3)c(C)c2)cc1OCCC(COC(=O)C(=C)C)COC(=O)C(=C)C)COC(=O)C(=C)C. The average molecular weight is 1450 g/mol. The van der Waals surface area contributed by atoms with E-state index in [2.05, 4.69) is 59.9 Å². The summed E-state index contributed by atoms with van der Waals surface area (Å²) in [5.74, 6) is -5.76. The summed E-state index contributed by atoms with van der Waals surface area (Å²) in [6.45, 7) is 43.8. The maximum atomic E-state index is 13.9. The van der Waals surface area contributed by atoms with Crippen LogP contribution in [0.4, 0.5) is 0 Å². The predicted octanol–water partition coefficient (Wildman–Crippen LogP) is 13.9. The molecule has 23 nitrogen and oxygen atoms in total. The van der Waals surface area contributed by atoms with E-state index in [9.17, 15) is 43.2 Å². The molecule has 0 heterocycles. The number of aryl methyl sites for hydroxylation is 1. The second-order valence-electron chi connectivity index (χ2n) is 26.0.